The summed E-state index contributed by atoms with van der Waals surface area (Å²) in [5, 5.41) is 5.95. The predicted octanol–water partition coefficient (Wildman–Crippen LogP) is 2.19. The molecule has 7 nitrogen and oxygen atoms in total. The van der Waals surface area contributed by atoms with E-state index in [0.29, 0.717) is 29.7 Å². The third-order valence-electron chi connectivity index (χ3n) is 4.42. The zero-order valence-electron chi connectivity index (χ0n) is 15.8. The molecular weight excluding hydrogens is 377 g/mol. The molecule has 2 aromatic carbocycles. The van der Waals surface area contributed by atoms with E-state index in [0.717, 1.165) is 12.8 Å². The number of aryl methyl sites for hydroxylation is 1. The van der Waals surface area contributed by atoms with Crippen LogP contribution in [0.15, 0.2) is 58.1 Å². The molecule has 0 spiro atoms. The molecule has 1 heterocycles. The maximum atomic E-state index is 12.8. The number of ether oxygens (including phenoxy) is 1. The number of aromatic amines is 1. The number of carbonyl (C=O) groups is 1. The summed E-state index contributed by atoms with van der Waals surface area (Å²) in [7, 11) is 0. The van der Waals surface area contributed by atoms with E-state index < -0.39 is 0 Å². The highest BCUT2D eigenvalue weighted by Crippen LogP contribution is 2.11. The summed E-state index contributed by atoms with van der Waals surface area (Å²) in [5.41, 5.74) is -0.687. The molecule has 0 fully saturated rings. The van der Waals surface area contributed by atoms with Crippen LogP contribution in [0.5, 0.6) is 5.75 Å². The first-order valence-electron chi connectivity index (χ1n) is 9.41. The summed E-state index contributed by atoms with van der Waals surface area (Å²) >= 11 is 0. The van der Waals surface area contributed by atoms with Gasteiger partial charge in [0.1, 0.15) is 11.6 Å². The fraction of sp³-hybridized carbons (Fsp3) is 0.286. The molecular formula is C21H22FN3O4. The number of carbonyl (C=O) groups excluding carboxylic acids is 1. The van der Waals surface area contributed by atoms with E-state index in [4.69, 9.17) is 4.74 Å². The van der Waals surface area contributed by atoms with Gasteiger partial charge in [0.25, 0.3) is 11.1 Å². The number of fused-ring (bicyclic) bond motifs is 1. The molecule has 1 amide bonds. The average Bonchev–Trinajstić information content (AvgIpc) is 2.73. The van der Waals surface area contributed by atoms with Crippen molar-refractivity contribution >= 4 is 16.7 Å². The SMILES string of the molecule is O=C(CCn1[nH]c(=O)c2ccccc2c1=O)NCCCCOc1ccc(F)cc1. The number of H-pyrrole nitrogens is 1. The van der Waals surface area contributed by atoms with Crippen LogP contribution in [0, 0.1) is 5.82 Å². The molecule has 152 valence electrons. The largest absolute Gasteiger partial charge is 0.494 e. The summed E-state index contributed by atoms with van der Waals surface area (Å²) in [6, 6.07) is 12.4. The number of hydrogen-bond donors (Lipinski definition) is 2. The molecule has 0 atom stereocenters. The Balaban J connectivity index is 1.39. The van der Waals surface area contributed by atoms with Crippen LogP contribution in [0.2, 0.25) is 0 Å². The Morgan fingerprint density at radius 1 is 1.03 bits per heavy atom. The lowest BCUT2D eigenvalue weighted by atomic mass is 10.2. The number of nitrogens with one attached hydrogen (secondary N) is 2. The van der Waals surface area contributed by atoms with Gasteiger partial charge in [-0.3, -0.25) is 19.5 Å². The number of hydrogen-bond acceptors (Lipinski definition) is 4. The van der Waals surface area contributed by atoms with Crippen molar-refractivity contribution in [3.63, 3.8) is 0 Å². The molecule has 0 saturated carbocycles. The molecule has 0 aliphatic carbocycles. The normalized spacial score (nSPS) is 10.8. The van der Waals surface area contributed by atoms with E-state index in [1.807, 2.05) is 0 Å². The second kappa shape index (κ2) is 9.68. The minimum Gasteiger partial charge on any atom is -0.494 e. The van der Waals surface area contributed by atoms with Gasteiger partial charge in [-0.2, -0.15) is 0 Å². The minimum absolute atomic E-state index is 0.0836. The van der Waals surface area contributed by atoms with Crippen molar-refractivity contribution in [3.8, 4) is 5.75 Å². The monoisotopic (exact) mass is 399 g/mol. The van der Waals surface area contributed by atoms with Crippen LogP contribution < -0.4 is 21.2 Å². The molecule has 2 N–H and O–H groups in total. The molecule has 0 unspecified atom stereocenters. The number of rotatable bonds is 9. The highest BCUT2D eigenvalue weighted by atomic mass is 19.1. The van der Waals surface area contributed by atoms with Crippen molar-refractivity contribution in [1.82, 2.24) is 15.1 Å². The van der Waals surface area contributed by atoms with Gasteiger partial charge in [0, 0.05) is 13.0 Å². The van der Waals surface area contributed by atoms with Gasteiger partial charge >= 0.3 is 0 Å². The standard InChI is InChI=1S/C21H22FN3O4/c22-15-7-9-16(10-8-15)29-14-4-3-12-23-19(26)11-13-25-21(28)18-6-2-1-5-17(18)20(27)24-25/h1-2,5-10H,3-4,11-14H2,(H,23,26)(H,24,27). The molecule has 0 aliphatic heterocycles. The van der Waals surface area contributed by atoms with E-state index in [1.54, 1.807) is 36.4 Å². The number of halogens is 1. The first-order chi connectivity index (χ1) is 14.0. The molecule has 0 radical (unpaired) electrons. The first-order valence-corrected chi connectivity index (χ1v) is 9.41. The average molecular weight is 399 g/mol. The van der Waals surface area contributed by atoms with E-state index in [2.05, 4.69) is 10.4 Å². The fourth-order valence-electron chi connectivity index (χ4n) is 2.88. The van der Waals surface area contributed by atoms with Crippen molar-refractivity contribution in [2.75, 3.05) is 13.2 Å². The van der Waals surface area contributed by atoms with Crippen LogP contribution in [0.25, 0.3) is 10.8 Å². The fourth-order valence-corrected chi connectivity index (χ4v) is 2.88. The molecule has 29 heavy (non-hydrogen) atoms. The number of unbranched alkanes of at least 4 members (excludes halogenated alkanes) is 1. The lowest BCUT2D eigenvalue weighted by Crippen LogP contribution is -2.32. The highest BCUT2D eigenvalue weighted by molar-refractivity contribution is 5.80. The van der Waals surface area contributed by atoms with Gasteiger partial charge in [-0.25, -0.2) is 9.07 Å². The summed E-state index contributed by atoms with van der Waals surface area (Å²) < 4.78 is 19.5. The Hall–Kier alpha value is -3.42. The number of amides is 1. The van der Waals surface area contributed by atoms with Gasteiger partial charge in [0.15, 0.2) is 0 Å². The Labute approximate surface area is 166 Å². The number of benzene rings is 2. The smallest absolute Gasteiger partial charge is 0.273 e. The van der Waals surface area contributed by atoms with Gasteiger partial charge in [0.2, 0.25) is 5.91 Å². The van der Waals surface area contributed by atoms with E-state index >= 15 is 0 Å². The summed E-state index contributed by atoms with van der Waals surface area (Å²) in [5.74, 6) is 0.0886. The quantitative estimate of drug-likeness (QED) is 0.540. The molecule has 8 heteroatoms. The predicted molar refractivity (Wildman–Crippen MR) is 108 cm³/mol. The Morgan fingerprint density at radius 2 is 1.76 bits per heavy atom. The Kier molecular flexibility index (Phi) is 6.78. The van der Waals surface area contributed by atoms with E-state index in [-0.39, 0.29) is 35.8 Å². The van der Waals surface area contributed by atoms with Crippen LogP contribution in [-0.4, -0.2) is 28.8 Å². The van der Waals surface area contributed by atoms with Crippen molar-refractivity contribution in [2.45, 2.75) is 25.8 Å². The summed E-state index contributed by atoms with van der Waals surface area (Å²) in [4.78, 5) is 36.4. The molecule has 3 aromatic rings. The van der Waals surface area contributed by atoms with Crippen LogP contribution in [0.3, 0.4) is 0 Å². The van der Waals surface area contributed by atoms with Crippen molar-refractivity contribution in [1.29, 1.82) is 0 Å². The maximum absolute atomic E-state index is 12.8. The molecule has 1 aromatic heterocycles. The second-order valence-electron chi connectivity index (χ2n) is 6.55. The zero-order valence-corrected chi connectivity index (χ0v) is 15.8. The van der Waals surface area contributed by atoms with Crippen LogP contribution in [-0.2, 0) is 11.3 Å². The number of nitrogens with zero attached hydrogens (tertiary/aromatic N) is 1. The van der Waals surface area contributed by atoms with Crippen LogP contribution in [0.4, 0.5) is 4.39 Å². The van der Waals surface area contributed by atoms with Crippen molar-refractivity contribution < 1.29 is 13.9 Å². The van der Waals surface area contributed by atoms with Gasteiger partial charge in [0.05, 0.1) is 23.9 Å². The zero-order chi connectivity index (χ0) is 20.6. The second-order valence-corrected chi connectivity index (χ2v) is 6.55. The third kappa shape index (κ3) is 5.54. The van der Waals surface area contributed by atoms with E-state index in [9.17, 15) is 18.8 Å². The first kappa shape index (κ1) is 20.3. The van der Waals surface area contributed by atoms with Gasteiger partial charge < -0.3 is 10.1 Å². The summed E-state index contributed by atoms with van der Waals surface area (Å²) in [6.45, 7) is 1.04. The summed E-state index contributed by atoms with van der Waals surface area (Å²) in [6.07, 6.45) is 1.54. The lowest BCUT2D eigenvalue weighted by Gasteiger charge is -2.09. The molecule has 0 aliphatic rings. The lowest BCUT2D eigenvalue weighted by molar-refractivity contribution is -0.121. The molecule has 0 saturated heterocycles. The van der Waals surface area contributed by atoms with Gasteiger partial charge in [-0.1, -0.05) is 12.1 Å². The molecule has 0 bridgehead atoms. The van der Waals surface area contributed by atoms with Crippen molar-refractivity contribution in [2.24, 2.45) is 0 Å². The minimum atomic E-state index is -0.359. The third-order valence-corrected chi connectivity index (χ3v) is 4.42. The number of aromatic nitrogens is 2. The van der Waals surface area contributed by atoms with Crippen LogP contribution in [0.1, 0.15) is 19.3 Å². The van der Waals surface area contributed by atoms with Crippen molar-refractivity contribution in [3.05, 3.63) is 75.1 Å². The Morgan fingerprint density at radius 3 is 2.52 bits per heavy atom. The maximum Gasteiger partial charge on any atom is 0.273 e. The Bertz CT molecular complexity index is 1090. The van der Waals surface area contributed by atoms with Gasteiger partial charge in [-0.05, 0) is 49.2 Å². The van der Waals surface area contributed by atoms with Gasteiger partial charge in [-0.15, -0.1) is 0 Å². The van der Waals surface area contributed by atoms with E-state index in [1.165, 1.54) is 16.8 Å². The highest BCUT2D eigenvalue weighted by Gasteiger charge is 2.08. The van der Waals surface area contributed by atoms with Crippen LogP contribution >= 0.6 is 0 Å². The topological polar surface area (TPSA) is 93.2 Å². The molecule has 3 rings (SSSR count).